The lowest BCUT2D eigenvalue weighted by Gasteiger charge is -2.14. The van der Waals surface area contributed by atoms with Gasteiger partial charge in [-0.1, -0.05) is 35.3 Å². The fourth-order valence-corrected chi connectivity index (χ4v) is 2.30. The zero-order chi connectivity index (χ0) is 14.9. The number of aliphatic hydroxyl groups is 1. The molecule has 0 radical (unpaired) electrons. The molecule has 0 saturated heterocycles. The minimum atomic E-state index is -1.29. The van der Waals surface area contributed by atoms with Crippen molar-refractivity contribution in [1.29, 1.82) is 0 Å². The number of hydrogen-bond acceptors (Lipinski definition) is 1. The number of halogens is 4. The molecule has 2 aromatic rings. The quantitative estimate of drug-likeness (QED) is 0.857. The van der Waals surface area contributed by atoms with E-state index in [1.807, 2.05) is 0 Å². The largest absolute Gasteiger partial charge is 0.388 e. The summed E-state index contributed by atoms with van der Waals surface area (Å²) >= 11 is 11.7. The maximum absolute atomic E-state index is 13.9. The summed E-state index contributed by atoms with van der Waals surface area (Å²) in [5, 5.41) is 10.8. The van der Waals surface area contributed by atoms with E-state index in [1.54, 1.807) is 18.2 Å². The number of aliphatic hydroxyl groups excluding tert-OH is 1. The van der Waals surface area contributed by atoms with E-state index in [9.17, 15) is 13.9 Å². The van der Waals surface area contributed by atoms with Crippen LogP contribution in [0.5, 0.6) is 0 Å². The minimum Gasteiger partial charge on any atom is -0.388 e. The lowest BCUT2D eigenvalue weighted by atomic mass is 9.99. The first-order valence-corrected chi connectivity index (χ1v) is 6.72. The zero-order valence-electron chi connectivity index (χ0n) is 10.6. The standard InChI is InChI=1S/C15H12Cl2F2O/c1-8-2-5-12(18)14(15(8)19)13(20)7-9-3-4-10(16)11(17)6-9/h2-6,13,20H,7H2,1H3. The van der Waals surface area contributed by atoms with Crippen molar-refractivity contribution < 1.29 is 13.9 Å². The van der Waals surface area contributed by atoms with Crippen LogP contribution in [0.15, 0.2) is 30.3 Å². The summed E-state index contributed by atoms with van der Waals surface area (Å²) in [6, 6.07) is 7.28. The van der Waals surface area contributed by atoms with Gasteiger partial charge in [-0.2, -0.15) is 0 Å². The Morgan fingerprint density at radius 2 is 1.80 bits per heavy atom. The predicted octanol–water partition coefficient (Wildman–Crippen LogP) is 4.86. The van der Waals surface area contributed by atoms with Gasteiger partial charge in [0.2, 0.25) is 0 Å². The first-order chi connectivity index (χ1) is 9.40. The Bertz CT molecular complexity index is 644. The monoisotopic (exact) mass is 316 g/mol. The van der Waals surface area contributed by atoms with E-state index in [-0.39, 0.29) is 17.5 Å². The van der Waals surface area contributed by atoms with Gasteiger partial charge in [-0.3, -0.25) is 0 Å². The van der Waals surface area contributed by atoms with Crippen LogP contribution < -0.4 is 0 Å². The number of benzene rings is 2. The molecule has 0 aromatic heterocycles. The second-order valence-corrected chi connectivity index (χ2v) is 5.37. The fourth-order valence-electron chi connectivity index (χ4n) is 1.98. The molecule has 0 aliphatic carbocycles. The summed E-state index contributed by atoms with van der Waals surface area (Å²) in [5.41, 5.74) is 0.609. The van der Waals surface area contributed by atoms with Crippen LogP contribution in [-0.2, 0) is 6.42 Å². The molecule has 0 aliphatic rings. The molecule has 0 bridgehead atoms. The van der Waals surface area contributed by atoms with E-state index >= 15 is 0 Å². The number of hydrogen-bond donors (Lipinski definition) is 1. The highest BCUT2D eigenvalue weighted by Gasteiger charge is 2.20. The van der Waals surface area contributed by atoms with Gasteiger partial charge < -0.3 is 5.11 Å². The Balaban J connectivity index is 2.30. The van der Waals surface area contributed by atoms with E-state index in [0.29, 0.717) is 15.6 Å². The van der Waals surface area contributed by atoms with Gasteiger partial charge in [0.15, 0.2) is 0 Å². The van der Waals surface area contributed by atoms with Crippen LogP contribution in [0.3, 0.4) is 0 Å². The Morgan fingerprint density at radius 1 is 1.10 bits per heavy atom. The molecule has 1 N–H and O–H groups in total. The maximum Gasteiger partial charge on any atom is 0.134 e. The molecule has 0 amide bonds. The predicted molar refractivity (Wildman–Crippen MR) is 76.2 cm³/mol. The second kappa shape index (κ2) is 6.08. The molecule has 0 aliphatic heterocycles. The molecule has 5 heteroatoms. The molecule has 1 atom stereocenters. The smallest absolute Gasteiger partial charge is 0.134 e. The number of rotatable bonds is 3. The van der Waals surface area contributed by atoms with Crippen LogP contribution in [0.1, 0.15) is 22.8 Å². The summed E-state index contributed by atoms with van der Waals surface area (Å²) in [6.45, 7) is 1.52. The van der Waals surface area contributed by atoms with E-state index < -0.39 is 17.7 Å². The van der Waals surface area contributed by atoms with Crippen molar-refractivity contribution in [3.8, 4) is 0 Å². The van der Waals surface area contributed by atoms with Gasteiger partial charge in [-0.15, -0.1) is 0 Å². The SMILES string of the molecule is Cc1ccc(F)c(C(O)Cc2ccc(Cl)c(Cl)c2)c1F. The Hall–Kier alpha value is -1.16. The van der Waals surface area contributed by atoms with E-state index in [4.69, 9.17) is 23.2 Å². The van der Waals surface area contributed by atoms with Crippen molar-refractivity contribution in [3.63, 3.8) is 0 Å². The molecule has 1 unspecified atom stereocenters. The molecule has 0 heterocycles. The number of aryl methyl sites for hydroxylation is 1. The first kappa shape index (κ1) is 15.2. The van der Waals surface area contributed by atoms with Gasteiger partial charge in [0.1, 0.15) is 11.6 Å². The van der Waals surface area contributed by atoms with Crippen molar-refractivity contribution in [2.75, 3.05) is 0 Å². The van der Waals surface area contributed by atoms with E-state index in [2.05, 4.69) is 0 Å². The Kier molecular flexibility index (Phi) is 4.63. The Morgan fingerprint density at radius 3 is 2.45 bits per heavy atom. The molecule has 0 saturated carbocycles. The third-order valence-corrected chi connectivity index (χ3v) is 3.80. The molecule has 0 fully saturated rings. The first-order valence-electron chi connectivity index (χ1n) is 5.96. The molecule has 2 aromatic carbocycles. The van der Waals surface area contributed by atoms with Gasteiger partial charge in [0.25, 0.3) is 0 Å². The minimum absolute atomic E-state index is 0.0498. The highest BCUT2D eigenvalue weighted by Crippen LogP contribution is 2.28. The van der Waals surface area contributed by atoms with Crippen molar-refractivity contribution in [2.24, 2.45) is 0 Å². The highest BCUT2D eigenvalue weighted by molar-refractivity contribution is 6.42. The topological polar surface area (TPSA) is 20.2 Å². The van der Waals surface area contributed by atoms with E-state index in [0.717, 1.165) is 6.07 Å². The van der Waals surface area contributed by atoms with Gasteiger partial charge in [-0.25, -0.2) is 8.78 Å². The van der Waals surface area contributed by atoms with Crippen molar-refractivity contribution in [3.05, 3.63) is 68.7 Å². The molecular formula is C15H12Cl2F2O. The molecule has 0 spiro atoms. The van der Waals surface area contributed by atoms with Gasteiger partial charge in [0.05, 0.1) is 21.7 Å². The summed E-state index contributed by atoms with van der Waals surface area (Å²) in [4.78, 5) is 0. The normalized spacial score (nSPS) is 12.5. The highest BCUT2D eigenvalue weighted by atomic mass is 35.5. The Labute approximate surface area is 125 Å². The lowest BCUT2D eigenvalue weighted by molar-refractivity contribution is 0.168. The second-order valence-electron chi connectivity index (χ2n) is 4.56. The third-order valence-electron chi connectivity index (χ3n) is 3.07. The van der Waals surface area contributed by atoms with Crippen molar-refractivity contribution in [2.45, 2.75) is 19.4 Å². The molecule has 1 nitrogen and oxygen atoms in total. The van der Waals surface area contributed by atoms with Gasteiger partial charge >= 0.3 is 0 Å². The summed E-state index contributed by atoms with van der Waals surface area (Å²) in [6.07, 6.45) is -1.24. The molecule has 20 heavy (non-hydrogen) atoms. The van der Waals surface area contributed by atoms with Crippen LogP contribution in [0.2, 0.25) is 10.0 Å². The van der Waals surface area contributed by atoms with Crippen molar-refractivity contribution in [1.82, 2.24) is 0 Å². The molecule has 106 valence electrons. The third kappa shape index (κ3) is 3.11. The summed E-state index contributed by atoms with van der Waals surface area (Å²) < 4.78 is 27.6. The maximum atomic E-state index is 13.9. The fraction of sp³-hybridized carbons (Fsp3) is 0.200. The van der Waals surface area contributed by atoms with Crippen molar-refractivity contribution >= 4 is 23.2 Å². The van der Waals surface area contributed by atoms with E-state index in [1.165, 1.54) is 13.0 Å². The average molecular weight is 317 g/mol. The van der Waals surface area contributed by atoms with Crippen LogP contribution in [0.4, 0.5) is 8.78 Å². The average Bonchev–Trinajstić information content (AvgIpc) is 2.39. The summed E-state index contributed by atoms with van der Waals surface area (Å²) in [7, 11) is 0. The zero-order valence-corrected chi connectivity index (χ0v) is 12.1. The van der Waals surface area contributed by atoms with Crippen LogP contribution in [-0.4, -0.2) is 5.11 Å². The van der Waals surface area contributed by atoms with Gasteiger partial charge in [-0.05, 0) is 36.2 Å². The molecule has 2 rings (SSSR count). The summed E-state index contributed by atoms with van der Waals surface area (Å²) in [5.74, 6) is -1.49. The molecular weight excluding hydrogens is 305 g/mol. The lowest BCUT2D eigenvalue weighted by Crippen LogP contribution is -2.08. The van der Waals surface area contributed by atoms with Crippen LogP contribution in [0, 0.1) is 18.6 Å². The van der Waals surface area contributed by atoms with Gasteiger partial charge in [0, 0.05) is 6.42 Å². The van der Waals surface area contributed by atoms with Crippen LogP contribution >= 0.6 is 23.2 Å². The van der Waals surface area contributed by atoms with Crippen LogP contribution in [0.25, 0.3) is 0 Å².